The number of aliphatic hydroxyl groups excluding tert-OH is 1. The van der Waals surface area contributed by atoms with E-state index in [1.54, 1.807) is 0 Å². The molecule has 7 heteroatoms. The molecule has 0 aliphatic carbocycles. The molecule has 0 bridgehead atoms. The van der Waals surface area contributed by atoms with Gasteiger partial charge >= 0.3 is 0 Å². The molecule has 1 aliphatic rings. The first-order chi connectivity index (χ1) is 13.0. The number of carbonyl (C=O) groups excluding carboxylic acids is 1. The van der Waals surface area contributed by atoms with E-state index in [4.69, 9.17) is 16.6 Å². The van der Waals surface area contributed by atoms with Crippen LogP contribution in [0.4, 0.5) is 0 Å². The molecule has 1 amide bonds. The Kier molecular flexibility index (Phi) is 6.52. The Morgan fingerprint density at radius 3 is 2.70 bits per heavy atom. The van der Waals surface area contributed by atoms with Crippen LogP contribution in [-0.4, -0.2) is 51.7 Å². The molecule has 0 spiro atoms. The second kappa shape index (κ2) is 8.87. The van der Waals surface area contributed by atoms with Crippen molar-refractivity contribution in [2.45, 2.75) is 33.4 Å². The van der Waals surface area contributed by atoms with Crippen molar-refractivity contribution in [2.75, 3.05) is 26.2 Å². The molecule has 2 aromatic rings. The average Bonchev–Trinajstić information content (AvgIpc) is 3.01. The number of amides is 1. The number of aromatic nitrogens is 2. The maximum absolute atomic E-state index is 12.8. The summed E-state index contributed by atoms with van der Waals surface area (Å²) in [5.41, 5.74) is 2.32. The Morgan fingerprint density at radius 1 is 1.30 bits per heavy atom. The van der Waals surface area contributed by atoms with Gasteiger partial charge in [-0.15, -0.1) is 0 Å². The van der Waals surface area contributed by atoms with E-state index in [-0.39, 0.29) is 12.5 Å². The van der Waals surface area contributed by atoms with E-state index in [0.717, 1.165) is 36.6 Å². The van der Waals surface area contributed by atoms with Crippen molar-refractivity contribution in [3.63, 3.8) is 0 Å². The van der Waals surface area contributed by atoms with Gasteiger partial charge in [0.15, 0.2) is 5.69 Å². The van der Waals surface area contributed by atoms with Crippen LogP contribution in [0.2, 0.25) is 5.02 Å². The summed E-state index contributed by atoms with van der Waals surface area (Å²) in [6, 6.07) is 7.53. The van der Waals surface area contributed by atoms with Crippen LogP contribution in [0, 0.1) is 5.92 Å². The molecule has 3 rings (SSSR count). The average molecular weight is 391 g/mol. The van der Waals surface area contributed by atoms with Gasteiger partial charge in [-0.1, -0.05) is 25.4 Å². The minimum Gasteiger partial charge on any atom is -0.395 e. The van der Waals surface area contributed by atoms with E-state index >= 15 is 0 Å². The van der Waals surface area contributed by atoms with Crippen LogP contribution in [0.3, 0.4) is 0 Å². The molecule has 0 saturated carbocycles. The Bertz CT molecular complexity index is 786. The third-order valence-corrected chi connectivity index (χ3v) is 5.08. The summed E-state index contributed by atoms with van der Waals surface area (Å²) in [7, 11) is 0. The van der Waals surface area contributed by atoms with Gasteiger partial charge in [-0.2, -0.15) is 0 Å². The smallest absolute Gasteiger partial charge is 0.271 e. The third-order valence-electron chi connectivity index (χ3n) is 4.83. The molecule has 6 nitrogen and oxygen atoms in total. The van der Waals surface area contributed by atoms with Crippen molar-refractivity contribution in [1.29, 1.82) is 0 Å². The van der Waals surface area contributed by atoms with Crippen molar-refractivity contribution < 1.29 is 9.90 Å². The van der Waals surface area contributed by atoms with Gasteiger partial charge < -0.3 is 15.0 Å². The molecule has 2 N–H and O–H groups in total. The van der Waals surface area contributed by atoms with E-state index < -0.39 is 0 Å². The number of nitrogens with one attached hydrogen (secondary N) is 1. The van der Waals surface area contributed by atoms with E-state index in [1.807, 2.05) is 24.3 Å². The number of hydrogen-bond acceptors (Lipinski definition) is 4. The zero-order valence-corrected chi connectivity index (χ0v) is 16.7. The maximum Gasteiger partial charge on any atom is 0.271 e. The van der Waals surface area contributed by atoms with E-state index in [9.17, 15) is 9.90 Å². The molecular formula is C20H27ClN4O2. The third kappa shape index (κ3) is 4.69. The predicted molar refractivity (Wildman–Crippen MR) is 107 cm³/mol. The van der Waals surface area contributed by atoms with Crippen molar-refractivity contribution >= 4 is 17.5 Å². The van der Waals surface area contributed by atoms with Gasteiger partial charge in [-0.3, -0.25) is 9.69 Å². The number of halogens is 1. The fourth-order valence-electron chi connectivity index (χ4n) is 3.31. The van der Waals surface area contributed by atoms with E-state index in [2.05, 4.69) is 28.6 Å². The first-order valence-corrected chi connectivity index (χ1v) is 9.84. The minimum absolute atomic E-state index is 0.105. The number of carbonyl (C=O) groups is 1. The van der Waals surface area contributed by atoms with Crippen LogP contribution in [0.15, 0.2) is 24.3 Å². The molecular weight excluding hydrogens is 364 g/mol. The highest BCUT2D eigenvalue weighted by Crippen LogP contribution is 2.27. The second-order valence-electron chi connectivity index (χ2n) is 7.33. The lowest BCUT2D eigenvalue weighted by molar-refractivity contribution is 0.0943. The van der Waals surface area contributed by atoms with Gasteiger partial charge in [0.2, 0.25) is 0 Å². The minimum atomic E-state index is -0.134. The number of aliphatic hydroxyl groups is 1. The van der Waals surface area contributed by atoms with Gasteiger partial charge in [-0.05, 0) is 36.6 Å². The maximum atomic E-state index is 12.8. The summed E-state index contributed by atoms with van der Waals surface area (Å²) in [5.74, 6) is 1.19. The first-order valence-electron chi connectivity index (χ1n) is 9.46. The Morgan fingerprint density at radius 2 is 2.04 bits per heavy atom. The summed E-state index contributed by atoms with van der Waals surface area (Å²) in [6.07, 6.45) is 0.933. The first kappa shape index (κ1) is 19.9. The number of hydrogen-bond donors (Lipinski definition) is 2. The second-order valence-corrected chi connectivity index (χ2v) is 7.76. The standard InChI is InChI=1S/C20H27ClN4O2/c1-14(2)7-8-22-20(27)18-17-13-24(11-12-26)9-10-25(17)19(23-18)15-3-5-16(21)6-4-15/h3-6,14,26H,7-13H2,1-2H3,(H,22,27). The largest absolute Gasteiger partial charge is 0.395 e. The molecule has 2 heterocycles. The van der Waals surface area contributed by atoms with Gasteiger partial charge in [0.1, 0.15) is 5.82 Å². The Balaban J connectivity index is 1.92. The van der Waals surface area contributed by atoms with Gasteiger partial charge in [0.05, 0.1) is 12.3 Å². The van der Waals surface area contributed by atoms with Gasteiger partial charge in [0, 0.05) is 43.3 Å². The zero-order valence-electron chi connectivity index (χ0n) is 15.9. The van der Waals surface area contributed by atoms with Crippen molar-refractivity contribution in [3.05, 3.63) is 40.7 Å². The van der Waals surface area contributed by atoms with E-state index in [0.29, 0.717) is 36.3 Å². The molecule has 0 saturated heterocycles. The number of imidazole rings is 1. The molecule has 0 radical (unpaired) electrons. The van der Waals surface area contributed by atoms with Crippen LogP contribution in [0.5, 0.6) is 0 Å². The Hall–Kier alpha value is -1.89. The van der Waals surface area contributed by atoms with Crippen molar-refractivity contribution in [1.82, 2.24) is 19.8 Å². The fourth-order valence-corrected chi connectivity index (χ4v) is 3.44. The Labute approximate surface area is 165 Å². The number of β-amino-alcohol motifs (C(OH)–C–C–N with tert-alkyl or cyclic N) is 1. The van der Waals surface area contributed by atoms with Crippen LogP contribution in [0.25, 0.3) is 11.4 Å². The topological polar surface area (TPSA) is 70.4 Å². The molecule has 0 atom stereocenters. The molecule has 0 unspecified atom stereocenters. The summed E-state index contributed by atoms with van der Waals surface area (Å²) in [5, 5.41) is 12.9. The highest BCUT2D eigenvalue weighted by atomic mass is 35.5. The van der Waals surface area contributed by atoms with Crippen LogP contribution in [-0.2, 0) is 13.1 Å². The number of benzene rings is 1. The van der Waals surface area contributed by atoms with Crippen LogP contribution in [0.1, 0.15) is 36.5 Å². The monoisotopic (exact) mass is 390 g/mol. The van der Waals surface area contributed by atoms with Gasteiger partial charge in [0.25, 0.3) is 5.91 Å². The molecule has 1 aromatic carbocycles. The normalized spacial score (nSPS) is 14.4. The molecule has 0 fully saturated rings. The van der Waals surface area contributed by atoms with Crippen LogP contribution < -0.4 is 5.32 Å². The highest BCUT2D eigenvalue weighted by molar-refractivity contribution is 6.30. The number of nitrogens with zero attached hydrogens (tertiary/aromatic N) is 3. The zero-order chi connectivity index (χ0) is 19.4. The lowest BCUT2D eigenvalue weighted by atomic mass is 10.1. The van der Waals surface area contributed by atoms with Crippen molar-refractivity contribution in [3.8, 4) is 11.4 Å². The molecule has 1 aliphatic heterocycles. The van der Waals surface area contributed by atoms with Crippen LogP contribution >= 0.6 is 11.6 Å². The van der Waals surface area contributed by atoms with Gasteiger partial charge in [-0.25, -0.2) is 4.98 Å². The van der Waals surface area contributed by atoms with Crippen molar-refractivity contribution in [2.24, 2.45) is 5.92 Å². The SMILES string of the molecule is CC(C)CCNC(=O)c1nc(-c2ccc(Cl)cc2)n2c1CN(CCO)CC2. The predicted octanol–water partition coefficient (Wildman–Crippen LogP) is 2.79. The van der Waals surface area contributed by atoms with E-state index in [1.165, 1.54) is 0 Å². The quantitative estimate of drug-likeness (QED) is 0.762. The molecule has 27 heavy (non-hydrogen) atoms. The summed E-state index contributed by atoms with van der Waals surface area (Å²) >= 11 is 6.01. The fraction of sp³-hybridized carbons (Fsp3) is 0.500. The number of rotatable bonds is 7. The molecule has 146 valence electrons. The highest BCUT2D eigenvalue weighted by Gasteiger charge is 2.27. The lowest BCUT2D eigenvalue weighted by Crippen LogP contribution is -2.37. The lowest BCUT2D eigenvalue weighted by Gasteiger charge is -2.28. The summed E-state index contributed by atoms with van der Waals surface area (Å²) in [6.45, 7) is 7.77. The molecule has 1 aromatic heterocycles. The number of fused-ring (bicyclic) bond motifs is 1. The summed E-state index contributed by atoms with van der Waals surface area (Å²) < 4.78 is 2.12. The summed E-state index contributed by atoms with van der Waals surface area (Å²) in [4.78, 5) is 19.6.